The summed E-state index contributed by atoms with van der Waals surface area (Å²) in [7, 11) is 0. The van der Waals surface area contributed by atoms with E-state index in [0.717, 1.165) is 6.54 Å². The maximum Gasteiger partial charge on any atom is 0.185 e. The van der Waals surface area contributed by atoms with Crippen LogP contribution in [0, 0.1) is 0 Å². The number of nitrogens with one attached hydrogen (secondary N) is 1. The summed E-state index contributed by atoms with van der Waals surface area (Å²) in [5.74, 6) is 0. The van der Waals surface area contributed by atoms with Gasteiger partial charge in [-0.3, -0.25) is 0 Å². The van der Waals surface area contributed by atoms with Gasteiger partial charge in [0.25, 0.3) is 0 Å². The Bertz CT molecular complexity index is 338. The van der Waals surface area contributed by atoms with Crippen molar-refractivity contribution in [2.45, 2.75) is 38.1 Å². The van der Waals surface area contributed by atoms with Crippen LogP contribution in [0.3, 0.4) is 0 Å². The number of thiazole rings is 1. The van der Waals surface area contributed by atoms with E-state index in [4.69, 9.17) is 4.98 Å². The van der Waals surface area contributed by atoms with Crippen LogP contribution in [0.15, 0.2) is 5.38 Å². The van der Waals surface area contributed by atoms with E-state index in [0.29, 0.717) is 6.04 Å². The molecule has 3 rings (SSSR count). The third kappa shape index (κ3) is 2.09. The van der Waals surface area contributed by atoms with Gasteiger partial charge >= 0.3 is 0 Å². The highest BCUT2D eigenvalue weighted by atomic mass is 32.1. The first-order valence-corrected chi connectivity index (χ1v) is 7.25. The molecule has 2 aliphatic rings. The number of hydrogen-bond acceptors (Lipinski definition) is 4. The van der Waals surface area contributed by atoms with Gasteiger partial charge in [-0.05, 0) is 38.6 Å². The van der Waals surface area contributed by atoms with Gasteiger partial charge in [-0.2, -0.15) is 0 Å². The minimum Gasteiger partial charge on any atom is -0.348 e. The molecule has 1 atom stereocenters. The predicted molar refractivity (Wildman–Crippen MR) is 68.2 cm³/mol. The highest BCUT2D eigenvalue weighted by Gasteiger charge is 2.21. The maximum absolute atomic E-state index is 4.80. The molecular weight excluding hydrogens is 218 g/mol. The standard InChI is InChI=1S/C12H19N3S/c1-2-7-15(8-3-1)12-14-11(9-16-12)10-5-4-6-13-10/h9-10,13H,1-8H2. The number of rotatable bonds is 2. The molecule has 0 radical (unpaired) electrons. The lowest BCUT2D eigenvalue weighted by Gasteiger charge is -2.25. The summed E-state index contributed by atoms with van der Waals surface area (Å²) < 4.78 is 0. The van der Waals surface area contributed by atoms with Crippen LogP contribution in [0.25, 0.3) is 0 Å². The van der Waals surface area contributed by atoms with Crippen molar-refractivity contribution in [1.29, 1.82) is 0 Å². The van der Waals surface area contributed by atoms with Gasteiger partial charge in [0.05, 0.1) is 11.7 Å². The summed E-state index contributed by atoms with van der Waals surface area (Å²) in [5.41, 5.74) is 1.27. The quantitative estimate of drug-likeness (QED) is 0.857. The van der Waals surface area contributed by atoms with Crippen LogP contribution in [-0.2, 0) is 0 Å². The monoisotopic (exact) mass is 237 g/mol. The minimum atomic E-state index is 0.523. The second-order valence-corrected chi connectivity index (χ2v) is 5.59. The summed E-state index contributed by atoms with van der Waals surface area (Å²) >= 11 is 1.82. The van der Waals surface area contributed by atoms with Gasteiger partial charge in [-0.25, -0.2) is 4.98 Å². The van der Waals surface area contributed by atoms with E-state index >= 15 is 0 Å². The average molecular weight is 237 g/mol. The molecule has 0 saturated carbocycles. The molecular formula is C12H19N3S. The van der Waals surface area contributed by atoms with Crippen molar-refractivity contribution in [2.75, 3.05) is 24.5 Å². The van der Waals surface area contributed by atoms with E-state index in [1.807, 2.05) is 11.3 Å². The topological polar surface area (TPSA) is 28.2 Å². The van der Waals surface area contributed by atoms with Gasteiger partial charge in [0.15, 0.2) is 5.13 Å². The first-order chi connectivity index (χ1) is 7.93. The number of hydrogen-bond donors (Lipinski definition) is 1. The van der Waals surface area contributed by atoms with Gasteiger partial charge in [0.2, 0.25) is 0 Å². The molecule has 3 heterocycles. The Kier molecular flexibility index (Phi) is 3.11. The Morgan fingerprint density at radius 2 is 2.12 bits per heavy atom. The second-order valence-electron chi connectivity index (χ2n) is 4.75. The fourth-order valence-corrected chi connectivity index (χ4v) is 3.54. The van der Waals surface area contributed by atoms with Crippen molar-refractivity contribution in [3.63, 3.8) is 0 Å². The average Bonchev–Trinajstić information content (AvgIpc) is 3.01. The summed E-state index contributed by atoms with van der Waals surface area (Å²) in [6.45, 7) is 3.55. The molecule has 1 aromatic rings. The highest BCUT2D eigenvalue weighted by Crippen LogP contribution is 2.29. The molecule has 1 N–H and O–H groups in total. The fraction of sp³-hybridized carbons (Fsp3) is 0.750. The molecule has 3 nitrogen and oxygen atoms in total. The molecule has 88 valence electrons. The van der Waals surface area contributed by atoms with Gasteiger partial charge < -0.3 is 10.2 Å². The van der Waals surface area contributed by atoms with E-state index in [2.05, 4.69) is 15.6 Å². The SMILES string of the molecule is c1sc(N2CCCCC2)nc1C1CCCN1. The van der Waals surface area contributed by atoms with Gasteiger partial charge in [0, 0.05) is 18.5 Å². The third-order valence-electron chi connectivity index (χ3n) is 3.55. The van der Waals surface area contributed by atoms with Crippen LogP contribution < -0.4 is 10.2 Å². The third-order valence-corrected chi connectivity index (χ3v) is 4.47. The molecule has 0 aromatic carbocycles. The largest absolute Gasteiger partial charge is 0.348 e. The second kappa shape index (κ2) is 4.72. The smallest absolute Gasteiger partial charge is 0.185 e. The van der Waals surface area contributed by atoms with Crippen LogP contribution in [-0.4, -0.2) is 24.6 Å². The van der Waals surface area contributed by atoms with Crippen molar-refractivity contribution in [2.24, 2.45) is 0 Å². The van der Waals surface area contributed by atoms with Crippen LogP contribution in [0.4, 0.5) is 5.13 Å². The zero-order valence-electron chi connectivity index (χ0n) is 9.61. The molecule has 0 amide bonds. The maximum atomic E-state index is 4.80. The Morgan fingerprint density at radius 3 is 2.88 bits per heavy atom. The van der Waals surface area contributed by atoms with Gasteiger partial charge in [-0.1, -0.05) is 0 Å². The Labute approximate surface area is 101 Å². The molecule has 0 spiro atoms. The molecule has 2 fully saturated rings. The van der Waals surface area contributed by atoms with E-state index < -0.39 is 0 Å². The predicted octanol–water partition coefficient (Wildman–Crippen LogP) is 2.56. The molecule has 1 unspecified atom stereocenters. The molecule has 2 saturated heterocycles. The summed E-state index contributed by atoms with van der Waals surface area (Å²) in [4.78, 5) is 7.25. The molecule has 0 aliphatic carbocycles. The normalized spacial score (nSPS) is 26.2. The molecule has 0 bridgehead atoms. The molecule has 4 heteroatoms. The first kappa shape index (κ1) is 10.5. The summed E-state index contributed by atoms with van der Waals surface area (Å²) in [6.07, 6.45) is 6.59. The van der Waals surface area contributed by atoms with Gasteiger partial charge in [-0.15, -0.1) is 11.3 Å². The van der Waals surface area contributed by atoms with Gasteiger partial charge in [0.1, 0.15) is 0 Å². The van der Waals surface area contributed by atoms with Crippen molar-refractivity contribution in [3.8, 4) is 0 Å². The van der Waals surface area contributed by atoms with Crippen LogP contribution >= 0.6 is 11.3 Å². The number of piperidine rings is 1. The van der Waals surface area contributed by atoms with Crippen molar-refractivity contribution < 1.29 is 0 Å². The molecule has 16 heavy (non-hydrogen) atoms. The number of aromatic nitrogens is 1. The van der Waals surface area contributed by atoms with E-state index in [-0.39, 0.29) is 0 Å². The lowest BCUT2D eigenvalue weighted by atomic mass is 10.1. The van der Waals surface area contributed by atoms with Crippen molar-refractivity contribution >= 4 is 16.5 Å². The van der Waals surface area contributed by atoms with Crippen LogP contribution in [0.2, 0.25) is 0 Å². The summed E-state index contributed by atoms with van der Waals surface area (Å²) in [5, 5.41) is 7.00. The van der Waals surface area contributed by atoms with E-state index in [9.17, 15) is 0 Å². The first-order valence-electron chi connectivity index (χ1n) is 6.37. The van der Waals surface area contributed by atoms with Crippen LogP contribution in [0.5, 0.6) is 0 Å². The lowest BCUT2D eigenvalue weighted by Crippen LogP contribution is -2.29. The minimum absolute atomic E-state index is 0.523. The van der Waals surface area contributed by atoms with E-state index in [1.165, 1.54) is 56.0 Å². The molecule has 2 aliphatic heterocycles. The zero-order chi connectivity index (χ0) is 10.8. The lowest BCUT2D eigenvalue weighted by molar-refractivity contribution is 0.573. The zero-order valence-corrected chi connectivity index (χ0v) is 10.4. The highest BCUT2D eigenvalue weighted by molar-refractivity contribution is 7.13. The van der Waals surface area contributed by atoms with Crippen LogP contribution in [0.1, 0.15) is 43.8 Å². The molecule has 1 aromatic heterocycles. The fourth-order valence-electron chi connectivity index (χ4n) is 2.60. The summed E-state index contributed by atoms with van der Waals surface area (Å²) in [6, 6.07) is 0.523. The van der Waals surface area contributed by atoms with E-state index in [1.54, 1.807) is 0 Å². The van der Waals surface area contributed by atoms with Crippen molar-refractivity contribution in [3.05, 3.63) is 11.1 Å². The van der Waals surface area contributed by atoms with Crippen molar-refractivity contribution in [1.82, 2.24) is 10.3 Å². The Balaban J connectivity index is 1.71. The Hall–Kier alpha value is -0.610. The Morgan fingerprint density at radius 1 is 1.25 bits per heavy atom. The number of anilines is 1. The number of nitrogens with zero attached hydrogens (tertiary/aromatic N) is 2.